The van der Waals surface area contributed by atoms with Crippen molar-refractivity contribution in [3.05, 3.63) is 29.3 Å². The van der Waals surface area contributed by atoms with Crippen LogP contribution in [0.15, 0.2) is 23.2 Å². The molecule has 0 bridgehead atoms. The van der Waals surface area contributed by atoms with Gasteiger partial charge in [0.05, 0.1) is 5.54 Å². The van der Waals surface area contributed by atoms with E-state index in [4.69, 9.17) is 5.73 Å². The first-order valence-electron chi connectivity index (χ1n) is 6.56. The Kier molecular flexibility index (Phi) is 2.69. The molecule has 1 aliphatic heterocycles. The molecule has 1 aliphatic carbocycles. The molecule has 1 atom stereocenters. The minimum Gasteiger partial charge on any atom is -0.370 e. The topological polar surface area (TPSA) is 79.5 Å². The number of guanidine groups is 1. The van der Waals surface area contributed by atoms with Gasteiger partial charge in [0.15, 0.2) is 5.96 Å². The molecule has 5 heteroatoms. The van der Waals surface area contributed by atoms with Crippen molar-refractivity contribution < 1.29 is 4.79 Å². The number of aliphatic imine (C=N–C) groups is 1. The third-order valence-electron chi connectivity index (χ3n) is 3.90. The van der Waals surface area contributed by atoms with Gasteiger partial charge in [0, 0.05) is 19.2 Å². The summed E-state index contributed by atoms with van der Waals surface area (Å²) in [7, 11) is 0. The summed E-state index contributed by atoms with van der Waals surface area (Å²) in [6.07, 6.45) is 2.76. The maximum Gasteiger partial charge on any atom is 0.221 e. The number of hydrogen-bond donors (Lipinski definition) is 3. The molecule has 1 spiro atoms. The van der Waals surface area contributed by atoms with Gasteiger partial charge in [-0.2, -0.15) is 0 Å². The summed E-state index contributed by atoms with van der Waals surface area (Å²) in [5.74, 6) is 0.514. The fourth-order valence-corrected chi connectivity index (χ4v) is 3.04. The fraction of sp³-hybridized carbons (Fsp3) is 0.429. The number of carbonyl (C=O) groups is 1. The van der Waals surface area contributed by atoms with E-state index in [0.717, 1.165) is 31.5 Å². The van der Waals surface area contributed by atoms with Gasteiger partial charge in [-0.15, -0.1) is 0 Å². The first kappa shape index (κ1) is 12.0. The van der Waals surface area contributed by atoms with Crippen molar-refractivity contribution in [2.24, 2.45) is 10.7 Å². The van der Waals surface area contributed by atoms with E-state index in [2.05, 4.69) is 21.7 Å². The lowest BCUT2D eigenvalue weighted by molar-refractivity contribution is -0.114. The lowest BCUT2D eigenvalue weighted by atomic mass is 9.78. The minimum absolute atomic E-state index is 0.0292. The van der Waals surface area contributed by atoms with Crippen LogP contribution in [0.1, 0.15) is 24.5 Å². The number of fused-ring (bicyclic) bond motifs is 1. The van der Waals surface area contributed by atoms with Crippen LogP contribution in [0.5, 0.6) is 0 Å². The standard InChI is InChI=1S/C14H18N4O/c1-9(19)17-12-4-2-3-10-7-14(6-5-11(10)12)8-16-13(15)18-14/h2-4H,5-8H2,1H3,(H,17,19)(H3,15,16,18). The number of amides is 1. The zero-order valence-electron chi connectivity index (χ0n) is 11.0. The molecular formula is C14H18N4O. The Bertz CT molecular complexity index is 567. The van der Waals surface area contributed by atoms with Crippen LogP contribution >= 0.6 is 0 Å². The van der Waals surface area contributed by atoms with E-state index in [9.17, 15) is 4.79 Å². The first-order chi connectivity index (χ1) is 9.08. The smallest absolute Gasteiger partial charge is 0.221 e. The Labute approximate surface area is 112 Å². The van der Waals surface area contributed by atoms with Crippen molar-refractivity contribution >= 4 is 17.6 Å². The third-order valence-corrected chi connectivity index (χ3v) is 3.90. The molecule has 0 saturated heterocycles. The first-order valence-corrected chi connectivity index (χ1v) is 6.56. The molecule has 4 N–H and O–H groups in total. The zero-order chi connectivity index (χ0) is 13.5. The summed E-state index contributed by atoms with van der Waals surface area (Å²) >= 11 is 0. The molecule has 5 nitrogen and oxygen atoms in total. The van der Waals surface area contributed by atoms with Crippen LogP contribution in [0.2, 0.25) is 0 Å². The zero-order valence-corrected chi connectivity index (χ0v) is 11.0. The number of rotatable bonds is 1. The molecule has 0 fully saturated rings. The summed E-state index contributed by atoms with van der Waals surface area (Å²) in [5, 5.41) is 6.02. The van der Waals surface area contributed by atoms with Crippen LogP contribution in [0.25, 0.3) is 0 Å². The van der Waals surface area contributed by atoms with Crippen LogP contribution in [0.4, 0.5) is 5.69 Å². The van der Waals surface area contributed by atoms with Crippen LogP contribution in [0, 0.1) is 0 Å². The number of carbonyl (C=O) groups excluding carboxylic acids is 1. The number of anilines is 1. The van der Waals surface area contributed by atoms with Crippen LogP contribution < -0.4 is 16.4 Å². The lowest BCUT2D eigenvalue weighted by Gasteiger charge is -2.32. The Morgan fingerprint density at radius 1 is 1.53 bits per heavy atom. The molecule has 19 heavy (non-hydrogen) atoms. The second-order valence-corrected chi connectivity index (χ2v) is 5.38. The van der Waals surface area contributed by atoms with Crippen molar-refractivity contribution in [3.8, 4) is 0 Å². The van der Waals surface area contributed by atoms with Crippen molar-refractivity contribution in [2.75, 3.05) is 11.9 Å². The second-order valence-electron chi connectivity index (χ2n) is 5.38. The highest BCUT2D eigenvalue weighted by atomic mass is 16.1. The summed E-state index contributed by atoms with van der Waals surface area (Å²) in [5.41, 5.74) is 9.08. The van der Waals surface area contributed by atoms with E-state index in [0.29, 0.717) is 5.96 Å². The molecule has 0 radical (unpaired) electrons. The average molecular weight is 258 g/mol. The molecule has 1 aromatic carbocycles. The van der Waals surface area contributed by atoms with Gasteiger partial charge in [0.2, 0.25) is 5.91 Å². The van der Waals surface area contributed by atoms with Gasteiger partial charge in [0.25, 0.3) is 0 Å². The minimum atomic E-state index is -0.0913. The number of nitrogens with zero attached hydrogens (tertiary/aromatic N) is 1. The Balaban J connectivity index is 1.92. The van der Waals surface area contributed by atoms with Crippen LogP contribution in [-0.4, -0.2) is 24.0 Å². The van der Waals surface area contributed by atoms with Gasteiger partial charge in [-0.3, -0.25) is 4.79 Å². The van der Waals surface area contributed by atoms with E-state index in [1.165, 1.54) is 18.1 Å². The van der Waals surface area contributed by atoms with Gasteiger partial charge in [0.1, 0.15) is 0 Å². The Hall–Kier alpha value is -2.04. The SMILES string of the molecule is CC(=O)Nc1cccc2c1CCC1(CNC(N)=N1)C2. The molecule has 2 aliphatic rings. The van der Waals surface area contributed by atoms with Crippen LogP contribution in [-0.2, 0) is 17.6 Å². The number of benzene rings is 1. The fourth-order valence-electron chi connectivity index (χ4n) is 3.04. The van der Waals surface area contributed by atoms with Crippen molar-refractivity contribution in [2.45, 2.75) is 31.7 Å². The molecule has 3 rings (SSSR count). The molecule has 0 aromatic heterocycles. The highest BCUT2D eigenvalue weighted by Crippen LogP contribution is 2.36. The molecule has 1 amide bonds. The molecule has 1 unspecified atom stereocenters. The maximum absolute atomic E-state index is 11.2. The number of nitrogens with two attached hydrogens (primary N) is 1. The predicted molar refractivity (Wildman–Crippen MR) is 75.1 cm³/mol. The molecule has 100 valence electrons. The normalized spacial score (nSPS) is 24.6. The van der Waals surface area contributed by atoms with Crippen molar-refractivity contribution in [1.82, 2.24) is 5.32 Å². The molecule has 1 aromatic rings. The van der Waals surface area contributed by atoms with E-state index in [1.54, 1.807) is 0 Å². The third kappa shape index (κ3) is 2.16. The molecule has 0 saturated carbocycles. The summed E-state index contributed by atoms with van der Waals surface area (Å²) in [6.45, 7) is 2.35. The van der Waals surface area contributed by atoms with Gasteiger partial charge in [-0.1, -0.05) is 12.1 Å². The van der Waals surface area contributed by atoms with Gasteiger partial charge < -0.3 is 16.4 Å². The van der Waals surface area contributed by atoms with Gasteiger partial charge >= 0.3 is 0 Å². The van der Waals surface area contributed by atoms with Gasteiger partial charge in [-0.05, 0) is 36.5 Å². The van der Waals surface area contributed by atoms with Crippen molar-refractivity contribution in [3.63, 3.8) is 0 Å². The van der Waals surface area contributed by atoms with E-state index < -0.39 is 0 Å². The maximum atomic E-state index is 11.2. The van der Waals surface area contributed by atoms with Gasteiger partial charge in [-0.25, -0.2) is 4.99 Å². The Morgan fingerprint density at radius 2 is 2.37 bits per heavy atom. The summed E-state index contributed by atoms with van der Waals surface area (Å²) in [4.78, 5) is 15.8. The Morgan fingerprint density at radius 3 is 3.05 bits per heavy atom. The second kappa shape index (κ2) is 4.26. The van der Waals surface area contributed by atoms with Crippen molar-refractivity contribution in [1.29, 1.82) is 0 Å². The van der Waals surface area contributed by atoms with E-state index in [-0.39, 0.29) is 11.4 Å². The van der Waals surface area contributed by atoms with Crippen LogP contribution in [0.3, 0.4) is 0 Å². The highest BCUT2D eigenvalue weighted by Gasteiger charge is 2.38. The quantitative estimate of drug-likeness (QED) is 0.696. The summed E-state index contributed by atoms with van der Waals surface area (Å²) < 4.78 is 0. The summed E-state index contributed by atoms with van der Waals surface area (Å²) in [6, 6.07) is 6.06. The molecular weight excluding hydrogens is 240 g/mol. The lowest BCUT2D eigenvalue weighted by Crippen LogP contribution is -2.39. The predicted octanol–water partition coefficient (Wildman–Crippen LogP) is 0.790. The number of hydrogen-bond acceptors (Lipinski definition) is 4. The molecule has 1 heterocycles. The number of nitrogens with one attached hydrogen (secondary N) is 2. The van der Waals surface area contributed by atoms with E-state index in [1.807, 2.05) is 12.1 Å². The average Bonchev–Trinajstić information content (AvgIpc) is 2.69. The monoisotopic (exact) mass is 258 g/mol. The largest absolute Gasteiger partial charge is 0.370 e. The van der Waals surface area contributed by atoms with E-state index >= 15 is 0 Å². The highest BCUT2D eigenvalue weighted by molar-refractivity contribution is 5.90.